The minimum atomic E-state index is -3.12. The van der Waals surface area contributed by atoms with Crippen molar-refractivity contribution < 1.29 is 13.2 Å². The number of carbonyl (C=O) groups excluding carboxylic acids is 1. The van der Waals surface area contributed by atoms with Gasteiger partial charge in [-0.3, -0.25) is 4.79 Å². The molecule has 2 N–H and O–H groups in total. The molecular formula is C12H15Cl2NO3S. The summed E-state index contributed by atoms with van der Waals surface area (Å²) in [6.45, 7) is 0. The number of halogens is 2. The van der Waals surface area contributed by atoms with Crippen molar-refractivity contribution in [3.63, 3.8) is 0 Å². The quantitative estimate of drug-likeness (QED) is 0.866. The zero-order valence-electron chi connectivity index (χ0n) is 10.4. The number of carbonyl (C=O) groups is 1. The topological polar surface area (TPSA) is 77.2 Å². The normalized spacial score (nSPS) is 13.3. The molecule has 0 radical (unpaired) electrons. The molecule has 1 rings (SSSR count). The Balaban J connectivity index is 2.66. The Morgan fingerprint density at radius 3 is 2.58 bits per heavy atom. The Bertz CT molecular complexity index is 572. The maximum atomic E-state index is 11.9. The van der Waals surface area contributed by atoms with E-state index in [1.807, 2.05) is 0 Å². The molecule has 0 saturated carbocycles. The van der Waals surface area contributed by atoms with Crippen LogP contribution >= 0.6 is 23.2 Å². The van der Waals surface area contributed by atoms with Gasteiger partial charge in [0.15, 0.2) is 5.78 Å². The highest BCUT2D eigenvalue weighted by Crippen LogP contribution is 2.21. The summed E-state index contributed by atoms with van der Waals surface area (Å²) in [4.78, 5) is 11.9. The minimum Gasteiger partial charge on any atom is -0.321 e. The van der Waals surface area contributed by atoms with Crippen LogP contribution in [0.5, 0.6) is 0 Å². The molecule has 1 atom stereocenters. The van der Waals surface area contributed by atoms with Gasteiger partial charge in [-0.2, -0.15) is 0 Å². The number of ketones is 1. The third kappa shape index (κ3) is 5.91. The van der Waals surface area contributed by atoms with Gasteiger partial charge in [-0.1, -0.05) is 23.2 Å². The molecular weight excluding hydrogens is 309 g/mol. The summed E-state index contributed by atoms with van der Waals surface area (Å²) in [6, 6.07) is 4.02. The number of benzene rings is 1. The summed E-state index contributed by atoms with van der Waals surface area (Å²) in [5.74, 6) is -0.365. The molecule has 106 valence electrons. The number of hydrogen-bond acceptors (Lipinski definition) is 4. The van der Waals surface area contributed by atoms with Gasteiger partial charge in [-0.25, -0.2) is 8.42 Å². The predicted octanol–water partition coefficient (Wildman–Crippen LogP) is 1.87. The minimum absolute atomic E-state index is 0.0460. The molecule has 7 heteroatoms. The van der Waals surface area contributed by atoms with E-state index < -0.39 is 15.9 Å². The van der Waals surface area contributed by atoms with E-state index in [4.69, 9.17) is 28.9 Å². The Kier molecular flexibility index (Phi) is 5.80. The zero-order chi connectivity index (χ0) is 14.6. The summed E-state index contributed by atoms with van der Waals surface area (Å²) in [5.41, 5.74) is 6.26. The maximum Gasteiger partial charge on any atom is 0.153 e. The largest absolute Gasteiger partial charge is 0.321 e. The van der Waals surface area contributed by atoms with Crippen molar-refractivity contribution in [3.05, 3.63) is 33.8 Å². The molecule has 0 aliphatic carbocycles. The van der Waals surface area contributed by atoms with Gasteiger partial charge in [0.1, 0.15) is 9.84 Å². The van der Waals surface area contributed by atoms with Crippen molar-refractivity contribution in [2.45, 2.75) is 18.9 Å². The van der Waals surface area contributed by atoms with Crippen LogP contribution in [0.3, 0.4) is 0 Å². The van der Waals surface area contributed by atoms with Crippen LogP contribution < -0.4 is 5.73 Å². The van der Waals surface area contributed by atoms with Gasteiger partial charge in [0, 0.05) is 22.7 Å². The van der Waals surface area contributed by atoms with Crippen LogP contribution in [-0.4, -0.2) is 32.3 Å². The van der Waals surface area contributed by atoms with Gasteiger partial charge in [0.05, 0.1) is 11.8 Å². The fourth-order valence-corrected chi connectivity index (χ4v) is 2.56. The van der Waals surface area contributed by atoms with Gasteiger partial charge >= 0.3 is 0 Å². The van der Waals surface area contributed by atoms with Gasteiger partial charge < -0.3 is 5.73 Å². The van der Waals surface area contributed by atoms with E-state index in [-0.39, 0.29) is 24.4 Å². The Morgan fingerprint density at radius 2 is 2.00 bits per heavy atom. The van der Waals surface area contributed by atoms with Crippen LogP contribution in [-0.2, 0) is 21.1 Å². The lowest BCUT2D eigenvalue weighted by atomic mass is 10.0. The van der Waals surface area contributed by atoms with Gasteiger partial charge in [-0.15, -0.1) is 0 Å². The lowest BCUT2D eigenvalue weighted by Crippen LogP contribution is -2.33. The molecule has 0 aliphatic heterocycles. The number of rotatable bonds is 6. The Labute approximate surface area is 122 Å². The van der Waals surface area contributed by atoms with Gasteiger partial charge in [0.2, 0.25) is 0 Å². The van der Waals surface area contributed by atoms with Crippen molar-refractivity contribution in [1.82, 2.24) is 0 Å². The van der Waals surface area contributed by atoms with E-state index in [1.165, 1.54) is 0 Å². The van der Waals surface area contributed by atoms with Gasteiger partial charge in [0.25, 0.3) is 0 Å². The highest BCUT2D eigenvalue weighted by Gasteiger charge is 2.17. The third-order valence-corrected chi connectivity index (χ3v) is 4.17. The summed E-state index contributed by atoms with van der Waals surface area (Å²) < 4.78 is 22.0. The SMILES string of the molecule is CS(=O)(=O)CCC(N)C(=O)Cc1cc(Cl)ccc1Cl. The van der Waals surface area contributed by atoms with Crippen molar-refractivity contribution in [3.8, 4) is 0 Å². The third-order valence-electron chi connectivity index (χ3n) is 2.59. The molecule has 0 spiro atoms. The first-order valence-corrected chi connectivity index (χ1v) is 8.40. The van der Waals surface area contributed by atoms with Crippen molar-refractivity contribution in [2.75, 3.05) is 12.0 Å². The second-order valence-corrected chi connectivity index (χ2v) is 7.51. The van der Waals surface area contributed by atoms with E-state index in [1.54, 1.807) is 18.2 Å². The maximum absolute atomic E-state index is 11.9. The average Bonchev–Trinajstić information content (AvgIpc) is 2.29. The number of nitrogens with two attached hydrogens (primary N) is 1. The molecule has 1 unspecified atom stereocenters. The van der Waals surface area contributed by atoms with Crippen LogP contribution in [0.15, 0.2) is 18.2 Å². The molecule has 19 heavy (non-hydrogen) atoms. The fourth-order valence-electron chi connectivity index (χ4n) is 1.50. The number of hydrogen-bond donors (Lipinski definition) is 1. The van der Waals surface area contributed by atoms with Crippen LogP contribution in [0.25, 0.3) is 0 Å². The molecule has 0 saturated heterocycles. The summed E-state index contributed by atoms with van der Waals surface area (Å²) in [7, 11) is -3.12. The van der Waals surface area contributed by atoms with Crippen LogP contribution in [0.1, 0.15) is 12.0 Å². The molecule has 1 aromatic rings. The number of sulfone groups is 1. The first-order valence-electron chi connectivity index (χ1n) is 5.59. The summed E-state index contributed by atoms with van der Waals surface area (Å²) in [6.07, 6.45) is 1.26. The Morgan fingerprint density at radius 1 is 1.37 bits per heavy atom. The summed E-state index contributed by atoms with van der Waals surface area (Å²) >= 11 is 11.8. The van der Waals surface area contributed by atoms with Crippen LogP contribution in [0.4, 0.5) is 0 Å². The van der Waals surface area contributed by atoms with Crippen LogP contribution in [0.2, 0.25) is 10.0 Å². The van der Waals surface area contributed by atoms with Crippen molar-refractivity contribution in [1.29, 1.82) is 0 Å². The van der Waals surface area contributed by atoms with E-state index in [2.05, 4.69) is 0 Å². The smallest absolute Gasteiger partial charge is 0.153 e. The zero-order valence-corrected chi connectivity index (χ0v) is 12.7. The molecule has 4 nitrogen and oxygen atoms in total. The average molecular weight is 324 g/mol. The number of Topliss-reactive ketones (excluding diaryl/α,β-unsaturated/α-hetero) is 1. The lowest BCUT2D eigenvalue weighted by molar-refractivity contribution is -0.119. The molecule has 0 fully saturated rings. The highest BCUT2D eigenvalue weighted by molar-refractivity contribution is 7.90. The van der Waals surface area contributed by atoms with Crippen molar-refractivity contribution in [2.24, 2.45) is 5.73 Å². The van der Waals surface area contributed by atoms with E-state index >= 15 is 0 Å². The van der Waals surface area contributed by atoms with Gasteiger partial charge in [-0.05, 0) is 30.2 Å². The lowest BCUT2D eigenvalue weighted by Gasteiger charge is -2.11. The molecule has 0 aromatic heterocycles. The molecule has 1 aromatic carbocycles. The molecule has 0 amide bonds. The monoisotopic (exact) mass is 323 g/mol. The predicted molar refractivity (Wildman–Crippen MR) is 77.5 cm³/mol. The summed E-state index contributed by atoms with van der Waals surface area (Å²) in [5, 5.41) is 0.921. The molecule has 0 aliphatic rings. The second kappa shape index (κ2) is 6.70. The second-order valence-electron chi connectivity index (χ2n) is 4.40. The molecule has 0 bridgehead atoms. The first-order chi connectivity index (χ1) is 8.69. The van der Waals surface area contributed by atoms with Crippen LogP contribution in [0, 0.1) is 0 Å². The van der Waals surface area contributed by atoms with E-state index in [9.17, 15) is 13.2 Å². The Hall–Kier alpha value is -0.620. The fraction of sp³-hybridized carbons (Fsp3) is 0.417. The van der Waals surface area contributed by atoms with E-state index in [0.29, 0.717) is 15.6 Å². The molecule has 0 heterocycles. The first kappa shape index (κ1) is 16.4. The van der Waals surface area contributed by atoms with Crippen molar-refractivity contribution >= 4 is 38.8 Å². The highest BCUT2D eigenvalue weighted by atomic mass is 35.5. The standard InChI is InChI=1S/C12H15Cl2NO3S/c1-19(17,18)5-4-11(15)12(16)7-8-6-9(13)2-3-10(8)14/h2-3,6,11H,4-5,7,15H2,1H3. The van der Waals surface area contributed by atoms with E-state index in [0.717, 1.165) is 6.26 Å².